The van der Waals surface area contributed by atoms with Crippen molar-refractivity contribution < 1.29 is 14.7 Å². The van der Waals surface area contributed by atoms with E-state index in [-0.39, 0.29) is 23.1 Å². The number of anilines is 1. The highest BCUT2D eigenvalue weighted by Gasteiger charge is 2.19. The number of carboxylic acids is 1. The Hall–Kier alpha value is -3.22. The highest BCUT2D eigenvalue weighted by Crippen LogP contribution is 2.18. The van der Waals surface area contributed by atoms with Gasteiger partial charge in [0.25, 0.3) is 0 Å². The van der Waals surface area contributed by atoms with Crippen molar-refractivity contribution in [3.8, 4) is 0 Å². The third kappa shape index (κ3) is 3.50. The second kappa shape index (κ2) is 6.72. The molecule has 0 bridgehead atoms. The number of carbonyl (C=O) groups excluding carboxylic acids is 1. The average molecular weight is 338 g/mol. The molecule has 0 aliphatic rings. The fraction of sp³-hybridized carbons (Fsp3) is 0.222. The van der Waals surface area contributed by atoms with Crippen molar-refractivity contribution in [1.29, 1.82) is 0 Å². The molecule has 0 atom stereocenters. The maximum absolute atomic E-state index is 12.1. The minimum Gasteiger partial charge on any atom is -0.478 e. The zero-order valence-electron chi connectivity index (χ0n) is 14.0. The molecule has 1 aromatic carbocycles. The van der Waals surface area contributed by atoms with Crippen LogP contribution in [0, 0.1) is 13.8 Å². The lowest BCUT2D eigenvalue weighted by atomic mass is 10.1. The molecule has 7 heteroatoms. The zero-order valence-corrected chi connectivity index (χ0v) is 14.0. The minimum atomic E-state index is -1.07. The van der Waals surface area contributed by atoms with E-state index < -0.39 is 5.97 Å². The van der Waals surface area contributed by atoms with Crippen LogP contribution in [-0.2, 0) is 11.2 Å². The first-order valence-electron chi connectivity index (χ1n) is 7.90. The molecule has 3 rings (SSSR count). The maximum atomic E-state index is 12.1. The first-order valence-corrected chi connectivity index (χ1v) is 7.90. The van der Waals surface area contributed by atoms with Gasteiger partial charge in [-0.3, -0.25) is 10.1 Å². The third-order valence-electron chi connectivity index (χ3n) is 3.93. The van der Waals surface area contributed by atoms with E-state index in [1.807, 2.05) is 30.3 Å². The molecule has 25 heavy (non-hydrogen) atoms. The monoisotopic (exact) mass is 338 g/mol. The summed E-state index contributed by atoms with van der Waals surface area (Å²) >= 11 is 0. The normalized spacial score (nSPS) is 10.8. The molecule has 0 aliphatic heterocycles. The van der Waals surface area contributed by atoms with E-state index in [9.17, 15) is 14.7 Å². The Bertz CT molecular complexity index is 948. The fourth-order valence-corrected chi connectivity index (χ4v) is 2.75. The van der Waals surface area contributed by atoms with Crippen LogP contribution in [0.25, 0.3) is 5.65 Å². The van der Waals surface area contributed by atoms with Gasteiger partial charge >= 0.3 is 5.97 Å². The van der Waals surface area contributed by atoms with Crippen molar-refractivity contribution in [2.75, 3.05) is 5.32 Å². The molecule has 0 saturated heterocycles. The van der Waals surface area contributed by atoms with E-state index in [0.717, 1.165) is 11.3 Å². The first-order chi connectivity index (χ1) is 12.0. The predicted octanol–water partition coefficient (Wildman–Crippen LogP) is 2.62. The smallest absolute Gasteiger partial charge is 0.339 e. The van der Waals surface area contributed by atoms with Crippen LogP contribution in [-0.4, -0.2) is 31.6 Å². The van der Waals surface area contributed by atoms with E-state index in [2.05, 4.69) is 15.4 Å². The van der Waals surface area contributed by atoms with Gasteiger partial charge in [-0.05, 0) is 37.5 Å². The van der Waals surface area contributed by atoms with Gasteiger partial charge in [-0.2, -0.15) is 4.98 Å². The summed E-state index contributed by atoms with van der Waals surface area (Å²) in [6, 6.07) is 11.4. The average Bonchev–Trinajstić information content (AvgIpc) is 2.97. The first kappa shape index (κ1) is 16.6. The minimum absolute atomic E-state index is 0.0860. The summed E-state index contributed by atoms with van der Waals surface area (Å²) in [5.41, 5.74) is 2.73. The van der Waals surface area contributed by atoms with Gasteiger partial charge in [0, 0.05) is 12.1 Å². The van der Waals surface area contributed by atoms with Crippen LogP contribution < -0.4 is 5.32 Å². The lowest BCUT2D eigenvalue weighted by Gasteiger charge is -2.04. The van der Waals surface area contributed by atoms with Crippen molar-refractivity contribution in [1.82, 2.24) is 14.6 Å². The molecular weight excluding hydrogens is 320 g/mol. The Kier molecular flexibility index (Phi) is 4.47. The van der Waals surface area contributed by atoms with Crippen LogP contribution in [0.4, 0.5) is 5.95 Å². The van der Waals surface area contributed by atoms with Crippen molar-refractivity contribution in [2.45, 2.75) is 26.7 Å². The van der Waals surface area contributed by atoms with Crippen molar-refractivity contribution in [3.05, 3.63) is 58.8 Å². The number of fused-ring (bicyclic) bond motifs is 1. The van der Waals surface area contributed by atoms with Crippen LogP contribution in [0.1, 0.15) is 33.6 Å². The van der Waals surface area contributed by atoms with Crippen molar-refractivity contribution in [3.63, 3.8) is 0 Å². The fourth-order valence-electron chi connectivity index (χ4n) is 2.75. The molecule has 1 amide bonds. The number of amides is 1. The summed E-state index contributed by atoms with van der Waals surface area (Å²) in [6.45, 7) is 3.52. The largest absolute Gasteiger partial charge is 0.478 e. The Balaban J connectivity index is 1.80. The second-order valence-corrected chi connectivity index (χ2v) is 5.85. The molecule has 128 valence electrons. The molecule has 2 heterocycles. The van der Waals surface area contributed by atoms with Crippen molar-refractivity contribution >= 4 is 23.5 Å². The molecule has 2 aromatic heterocycles. The van der Waals surface area contributed by atoms with Gasteiger partial charge in [-0.15, -0.1) is 5.10 Å². The van der Waals surface area contributed by atoms with Crippen LogP contribution in [0.15, 0.2) is 36.4 Å². The SMILES string of the molecule is Cc1cc(C)n2nc(NC(=O)CCc3ccccc3)nc2c1C(=O)O. The number of rotatable bonds is 5. The maximum Gasteiger partial charge on any atom is 0.339 e. The molecule has 0 spiro atoms. The topological polar surface area (TPSA) is 96.6 Å². The van der Waals surface area contributed by atoms with E-state index in [1.54, 1.807) is 19.9 Å². The third-order valence-corrected chi connectivity index (χ3v) is 3.93. The summed E-state index contributed by atoms with van der Waals surface area (Å²) in [5.74, 6) is -1.18. The number of aromatic carboxylic acids is 1. The van der Waals surface area contributed by atoms with Gasteiger partial charge in [0.2, 0.25) is 11.9 Å². The van der Waals surface area contributed by atoms with Gasteiger partial charge < -0.3 is 5.11 Å². The number of carboxylic acid groups (broad SMARTS) is 1. The van der Waals surface area contributed by atoms with Gasteiger partial charge in [-0.25, -0.2) is 9.31 Å². The van der Waals surface area contributed by atoms with Crippen LogP contribution in [0.5, 0.6) is 0 Å². The molecular formula is C18H18N4O3. The predicted molar refractivity (Wildman–Crippen MR) is 92.8 cm³/mol. The summed E-state index contributed by atoms with van der Waals surface area (Å²) < 4.78 is 1.43. The Labute approximate surface area is 144 Å². The second-order valence-electron chi connectivity index (χ2n) is 5.85. The molecule has 7 nitrogen and oxygen atoms in total. The standard InChI is InChI=1S/C18H18N4O3/c1-11-10-12(2)22-16(15(11)17(24)25)20-18(21-22)19-14(23)9-8-13-6-4-3-5-7-13/h3-7,10H,8-9H2,1-2H3,(H,24,25)(H,19,21,23). The van der Waals surface area contributed by atoms with Crippen molar-refractivity contribution in [2.24, 2.45) is 0 Å². The molecule has 0 saturated carbocycles. The summed E-state index contributed by atoms with van der Waals surface area (Å²) in [4.78, 5) is 27.8. The number of hydrogen-bond acceptors (Lipinski definition) is 4. The van der Waals surface area contributed by atoms with E-state index in [1.165, 1.54) is 4.52 Å². The Morgan fingerprint density at radius 1 is 1.20 bits per heavy atom. The van der Waals surface area contributed by atoms with Gasteiger partial charge in [-0.1, -0.05) is 30.3 Å². The molecule has 2 N–H and O–H groups in total. The molecule has 0 radical (unpaired) electrons. The van der Waals surface area contributed by atoms with Gasteiger partial charge in [0.05, 0.1) is 0 Å². The summed E-state index contributed by atoms with van der Waals surface area (Å²) in [7, 11) is 0. The van der Waals surface area contributed by atoms with E-state index in [0.29, 0.717) is 18.4 Å². The molecule has 3 aromatic rings. The number of nitrogens with one attached hydrogen (secondary N) is 1. The van der Waals surface area contributed by atoms with E-state index >= 15 is 0 Å². The van der Waals surface area contributed by atoms with Crippen LogP contribution >= 0.6 is 0 Å². The quantitative estimate of drug-likeness (QED) is 0.745. The number of benzene rings is 1. The number of carbonyl (C=O) groups is 2. The van der Waals surface area contributed by atoms with Crippen LogP contribution in [0.3, 0.4) is 0 Å². The van der Waals surface area contributed by atoms with Gasteiger partial charge in [0.15, 0.2) is 5.65 Å². The number of pyridine rings is 1. The zero-order chi connectivity index (χ0) is 18.0. The Morgan fingerprint density at radius 2 is 1.92 bits per heavy atom. The number of aromatic nitrogens is 3. The lowest BCUT2D eigenvalue weighted by Crippen LogP contribution is -2.13. The van der Waals surface area contributed by atoms with E-state index in [4.69, 9.17) is 0 Å². The number of nitrogens with zero attached hydrogens (tertiary/aromatic N) is 3. The highest BCUT2D eigenvalue weighted by atomic mass is 16.4. The van der Waals surface area contributed by atoms with Gasteiger partial charge in [0.1, 0.15) is 5.56 Å². The Morgan fingerprint density at radius 3 is 2.60 bits per heavy atom. The highest BCUT2D eigenvalue weighted by molar-refractivity contribution is 5.96. The molecule has 0 unspecified atom stereocenters. The van der Waals surface area contributed by atoms with Crippen LogP contribution in [0.2, 0.25) is 0 Å². The lowest BCUT2D eigenvalue weighted by molar-refractivity contribution is -0.116. The number of hydrogen-bond donors (Lipinski definition) is 2. The molecule has 0 fully saturated rings. The summed E-state index contributed by atoms with van der Waals surface area (Å²) in [6.07, 6.45) is 0.905. The number of aryl methyl sites for hydroxylation is 3. The summed E-state index contributed by atoms with van der Waals surface area (Å²) in [5, 5.41) is 16.2. The molecule has 0 aliphatic carbocycles.